The Morgan fingerprint density at radius 2 is 0.811 bits per heavy atom. The number of rotatable bonds is 8. The molecule has 95 heavy (non-hydrogen) atoms. The normalized spacial score (nSPS) is 13.1. The minimum Gasteiger partial charge on any atom is -0.456 e. The third kappa shape index (κ3) is 8.58. The highest BCUT2D eigenvalue weighted by molar-refractivity contribution is 7.25. The molecule has 0 radical (unpaired) electrons. The van der Waals surface area contributed by atoms with Gasteiger partial charge in [-0.25, -0.2) is 0 Å². The molecule has 13 aromatic carbocycles. The first-order valence-corrected chi connectivity index (χ1v) is 33.6. The molecular formula is C86H63BN4O3S. The number of hydrogen-bond acceptors (Lipinski definition) is 8. The molecule has 2 aliphatic rings. The maximum Gasteiger partial charge on any atom is 0.252 e. The second-order valence-electron chi connectivity index (χ2n) is 27.6. The fraction of sp³-hybridized carbons (Fsp3) is 0.0930. The summed E-state index contributed by atoms with van der Waals surface area (Å²) >= 11 is 1.84. The van der Waals surface area contributed by atoms with Gasteiger partial charge in [-0.15, -0.1) is 11.3 Å². The van der Waals surface area contributed by atoms with Crippen molar-refractivity contribution in [2.24, 2.45) is 0 Å². The molecule has 0 amide bonds. The first kappa shape index (κ1) is 55.4. The minimum atomic E-state index is -0.247. The first-order chi connectivity index (χ1) is 46.4. The standard InChI is InChI=1S/C86H63BN4O3S/c1-85(2,3)52-31-35-55(36-32-52)90-70-49-59(88(57-40-44-76-65(47-57)61-21-10-14-26-73(61)92-76)58-41-46-80-66(48-58)62-22-13-17-30-79(62)95-80)39-42-67(70)87-68-43-45-78-82(64-24-12-16-28-75(64)94-78)84(68)91(56-37-33-53(34-38-56)86(4,5)6)72-51-60(50-71(90)83(72)87)89(54-19-8-7-9-20-54)69-25-18-29-77-81(69)63-23-11-15-27-74(63)93-77/h7-51H,1-6H3. The van der Waals surface area contributed by atoms with Crippen molar-refractivity contribution in [1.29, 1.82) is 0 Å². The third-order valence-electron chi connectivity index (χ3n) is 19.9. The summed E-state index contributed by atoms with van der Waals surface area (Å²) in [6.45, 7) is 13.5. The van der Waals surface area contributed by atoms with Crippen LogP contribution >= 0.6 is 11.3 Å². The smallest absolute Gasteiger partial charge is 0.252 e. The fourth-order valence-corrected chi connectivity index (χ4v) is 16.5. The molecule has 0 unspecified atom stereocenters. The van der Waals surface area contributed by atoms with E-state index in [1.54, 1.807) is 0 Å². The van der Waals surface area contributed by atoms with Crippen LogP contribution in [0.5, 0.6) is 0 Å². The third-order valence-corrected chi connectivity index (χ3v) is 21.1. The molecule has 9 heteroatoms. The van der Waals surface area contributed by atoms with Crippen molar-refractivity contribution in [3.63, 3.8) is 0 Å². The van der Waals surface area contributed by atoms with Gasteiger partial charge in [0.05, 0.1) is 27.8 Å². The van der Waals surface area contributed by atoms with Crippen molar-refractivity contribution in [2.75, 3.05) is 19.6 Å². The number of hydrogen-bond donors (Lipinski definition) is 0. The number of thiophene rings is 1. The molecular weight excluding hydrogens is 1180 g/mol. The molecule has 0 N–H and O–H groups in total. The van der Waals surface area contributed by atoms with Crippen LogP contribution in [0, 0.1) is 0 Å². The zero-order valence-electron chi connectivity index (χ0n) is 53.5. The maximum absolute atomic E-state index is 6.94. The van der Waals surface area contributed by atoms with E-state index < -0.39 is 0 Å². The summed E-state index contributed by atoms with van der Waals surface area (Å²) in [4.78, 5) is 10.0. The van der Waals surface area contributed by atoms with E-state index in [9.17, 15) is 0 Å². The Hall–Kier alpha value is -11.3. The average Bonchev–Trinajstić information content (AvgIpc) is 1.34. The van der Waals surface area contributed by atoms with Crippen molar-refractivity contribution >= 4 is 189 Å². The Kier molecular flexibility index (Phi) is 12.0. The second kappa shape index (κ2) is 20.6. The topological polar surface area (TPSA) is 52.4 Å². The highest BCUT2D eigenvalue weighted by atomic mass is 32.1. The van der Waals surface area contributed by atoms with Gasteiger partial charge in [-0.3, -0.25) is 0 Å². The van der Waals surface area contributed by atoms with E-state index in [4.69, 9.17) is 13.3 Å². The zero-order chi connectivity index (χ0) is 63.6. The van der Waals surface area contributed by atoms with Gasteiger partial charge in [-0.2, -0.15) is 0 Å². The van der Waals surface area contributed by atoms with E-state index in [0.717, 1.165) is 134 Å². The van der Waals surface area contributed by atoms with Crippen molar-refractivity contribution in [3.05, 3.63) is 284 Å². The highest BCUT2D eigenvalue weighted by Crippen LogP contribution is 2.54. The molecule has 0 aliphatic carbocycles. The summed E-state index contributed by atoms with van der Waals surface area (Å²) in [5.41, 5.74) is 23.6. The van der Waals surface area contributed by atoms with Gasteiger partial charge in [0.15, 0.2) is 0 Å². The van der Waals surface area contributed by atoms with Crippen LogP contribution in [-0.2, 0) is 10.8 Å². The lowest BCUT2D eigenvalue weighted by atomic mass is 9.33. The van der Waals surface area contributed by atoms with E-state index in [0.29, 0.717) is 0 Å². The molecule has 6 heterocycles. The van der Waals surface area contributed by atoms with Crippen LogP contribution in [0.2, 0.25) is 0 Å². The van der Waals surface area contributed by atoms with Gasteiger partial charge in [0.25, 0.3) is 6.71 Å². The molecule has 454 valence electrons. The number of benzene rings is 13. The highest BCUT2D eigenvalue weighted by Gasteiger charge is 2.46. The molecule has 0 fully saturated rings. The Labute approximate surface area is 554 Å². The summed E-state index contributed by atoms with van der Waals surface area (Å²) < 4.78 is 22.7. The number of para-hydroxylation sites is 4. The van der Waals surface area contributed by atoms with Gasteiger partial charge < -0.3 is 32.9 Å². The Morgan fingerprint density at radius 3 is 1.51 bits per heavy atom. The lowest BCUT2D eigenvalue weighted by Gasteiger charge is -2.45. The first-order valence-electron chi connectivity index (χ1n) is 32.8. The van der Waals surface area contributed by atoms with E-state index >= 15 is 0 Å². The van der Waals surface area contributed by atoms with Crippen molar-refractivity contribution < 1.29 is 13.3 Å². The van der Waals surface area contributed by atoms with Gasteiger partial charge in [0.1, 0.15) is 33.5 Å². The Balaban J connectivity index is 0.942. The molecule has 0 saturated heterocycles. The monoisotopic (exact) mass is 1240 g/mol. The van der Waals surface area contributed by atoms with Crippen molar-refractivity contribution in [1.82, 2.24) is 0 Å². The SMILES string of the molecule is CC(C)(C)c1ccc(N2c3cc(N(c4ccc5oc6ccccc6c5c4)c4ccc5sc6ccccc6c5c4)ccc3B3c4ccc5oc6ccccc6c5c4N(c4ccc(C(C)(C)C)cc4)c4cc(N(c5ccccc5)c5cccc6oc7ccccc7c56)cc2c43)cc1. The van der Waals surface area contributed by atoms with Crippen LogP contribution in [0.1, 0.15) is 52.7 Å². The lowest BCUT2D eigenvalue weighted by Crippen LogP contribution is -2.61. The van der Waals surface area contributed by atoms with Crippen LogP contribution in [0.3, 0.4) is 0 Å². The van der Waals surface area contributed by atoms with Gasteiger partial charge in [-0.1, -0.05) is 175 Å². The molecule has 0 spiro atoms. The minimum absolute atomic E-state index is 0.0718. The molecule has 2 aliphatic heterocycles. The largest absolute Gasteiger partial charge is 0.456 e. The summed E-state index contributed by atoms with van der Waals surface area (Å²) in [5, 5.41) is 8.87. The Morgan fingerprint density at radius 1 is 0.326 bits per heavy atom. The summed E-state index contributed by atoms with van der Waals surface area (Å²) in [6.07, 6.45) is 0. The summed E-state index contributed by atoms with van der Waals surface area (Å²) in [6, 6.07) is 101. The summed E-state index contributed by atoms with van der Waals surface area (Å²) in [5.74, 6) is 0. The number of anilines is 12. The van der Waals surface area contributed by atoms with Crippen LogP contribution in [-0.4, -0.2) is 6.71 Å². The van der Waals surface area contributed by atoms with E-state index in [1.807, 2.05) is 17.4 Å². The molecule has 0 bridgehead atoms. The van der Waals surface area contributed by atoms with Gasteiger partial charge >= 0.3 is 0 Å². The van der Waals surface area contributed by atoms with Crippen molar-refractivity contribution in [3.8, 4) is 0 Å². The van der Waals surface area contributed by atoms with Gasteiger partial charge in [-0.05, 0) is 178 Å². The molecule has 0 atom stereocenters. The van der Waals surface area contributed by atoms with E-state index in [-0.39, 0.29) is 17.5 Å². The van der Waals surface area contributed by atoms with Gasteiger partial charge in [0, 0.05) is 92.9 Å². The Bertz CT molecular complexity index is 5870. The van der Waals surface area contributed by atoms with Crippen molar-refractivity contribution in [2.45, 2.75) is 52.4 Å². The molecule has 4 aromatic heterocycles. The molecule has 19 rings (SSSR count). The number of nitrogens with zero attached hydrogens (tertiary/aromatic N) is 4. The maximum atomic E-state index is 6.94. The quantitative estimate of drug-likeness (QED) is 0.141. The van der Waals surface area contributed by atoms with Crippen LogP contribution in [0.15, 0.2) is 286 Å². The van der Waals surface area contributed by atoms with E-state index in [1.165, 1.54) is 47.7 Å². The molecule has 17 aromatic rings. The number of furan rings is 3. The predicted molar refractivity (Wildman–Crippen MR) is 402 cm³/mol. The van der Waals surface area contributed by atoms with Gasteiger partial charge in [0.2, 0.25) is 0 Å². The lowest BCUT2D eigenvalue weighted by molar-refractivity contribution is 0.590. The zero-order valence-corrected chi connectivity index (χ0v) is 54.3. The van der Waals surface area contributed by atoms with Crippen LogP contribution in [0.4, 0.5) is 68.2 Å². The average molecular weight is 1240 g/mol. The van der Waals surface area contributed by atoms with E-state index in [2.05, 4.69) is 328 Å². The van der Waals surface area contributed by atoms with Crippen LogP contribution in [0.25, 0.3) is 86.0 Å². The predicted octanol–water partition coefficient (Wildman–Crippen LogP) is 23.4. The number of fused-ring (bicyclic) bond motifs is 17. The second-order valence-corrected chi connectivity index (χ2v) is 28.7. The molecule has 0 saturated carbocycles. The molecule has 7 nitrogen and oxygen atoms in total. The summed E-state index contributed by atoms with van der Waals surface area (Å²) in [7, 11) is 0. The van der Waals surface area contributed by atoms with Crippen LogP contribution < -0.4 is 36.0 Å². The fourth-order valence-electron chi connectivity index (χ4n) is 15.4.